The number of ether oxygens (including phenoxy) is 2. The van der Waals surface area contributed by atoms with Crippen LogP contribution in [0.4, 0.5) is 4.79 Å². The summed E-state index contributed by atoms with van der Waals surface area (Å²) >= 11 is 0. The SMILES string of the molecule is CCOC(=O)[C@H](Cc1ccc(/C(N)=N/O)cc1)NC(=O)OC(C)(C)C. The molecule has 1 rings (SSSR count). The molecule has 0 heterocycles. The molecule has 1 atom stereocenters. The number of nitrogens with one attached hydrogen (secondary N) is 1. The summed E-state index contributed by atoms with van der Waals surface area (Å²) in [6, 6.07) is 5.86. The number of hydrogen-bond acceptors (Lipinski definition) is 6. The Morgan fingerprint density at radius 3 is 2.36 bits per heavy atom. The molecule has 0 aliphatic carbocycles. The molecule has 0 aliphatic rings. The smallest absolute Gasteiger partial charge is 0.408 e. The number of nitrogens with two attached hydrogens (primary N) is 1. The molecule has 0 aliphatic heterocycles. The van der Waals surface area contributed by atoms with Gasteiger partial charge < -0.3 is 25.7 Å². The number of amidine groups is 1. The third-order valence-corrected chi connectivity index (χ3v) is 3.06. The van der Waals surface area contributed by atoms with Crippen LogP contribution in [0.2, 0.25) is 0 Å². The summed E-state index contributed by atoms with van der Waals surface area (Å²) in [6.45, 7) is 7.09. The molecule has 8 heteroatoms. The lowest BCUT2D eigenvalue weighted by molar-refractivity contribution is -0.145. The van der Waals surface area contributed by atoms with E-state index in [9.17, 15) is 9.59 Å². The third kappa shape index (κ3) is 7.11. The first-order chi connectivity index (χ1) is 11.7. The highest BCUT2D eigenvalue weighted by Gasteiger charge is 2.25. The van der Waals surface area contributed by atoms with Crippen molar-refractivity contribution in [2.75, 3.05) is 6.61 Å². The Morgan fingerprint density at radius 1 is 1.28 bits per heavy atom. The van der Waals surface area contributed by atoms with Gasteiger partial charge in [-0.05, 0) is 33.3 Å². The van der Waals surface area contributed by atoms with Gasteiger partial charge in [-0.3, -0.25) is 0 Å². The van der Waals surface area contributed by atoms with Crippen LogP contribution in [-0.4, -0.2) is 41.4 Å². The third-order valence-electron chi connectivity index (χ3n) is 3.06. The van der Waals surface area contributed by atoms with E-state index in [1.807, 2.05) is 0 Å². The van der Waals surface area contributed by atoms with Gasteiger partial charge in [0.05, 0.1) is 6.61 Å². The Bertz CT molecular complexity index is 620. The molecule has 4 N–H and O–H groups in total. The zero-order chi connectivity index (χ0) is 19.0. The summed E-state index contributed by atoms with van der Waals surface area (Å²) in [4.78, 5) is 24.1. The zero-order valence-corrected chi connectivity index (χ0v) is 14.9. The Morgan fingerprint density at radius 2 is 1.88 bits per heavy atom. The highest BCUT2D eigenvalue weighted by Crippen LogP contribution is 2.10. The lowest BCUT2D eigenvalue weighted by atomic mass is 10.0. The van der Waals surface area contributed by atoms with E-state index in [2.05, 4.69) is 10.5 Å². The van der Waals surface area contributed by atoms with Gasteiger partial charge in [0.25, 0.3) is 0 Å². The molecule has 1 aromatic rings. The molecule has 25 heavy (non-hydrogen) atoms. The predicted molar refractivity (Wildman–Crippen MR) is 92.4 cm³/mol. The average Bonchev–Trinajstić information content (AvgIpc) is 2.52. The monoisotopic (exact) mass is 351 g/mol. The van der Waals surface area contributed by atoms with Crippen LogP contribution in [0.25, 0.3) is 0 Å². The maximum Gasteiger partial charge on any atom is 0.408 e. The van der Waals surface area contributed by atoms with Crippen molar-refractivity contribution in [2.45, 2.75) is 45.8 Å². The van der Waals surface area contributed by atoms with Gasteiger partial charge >= 0.3 is 12.1 Å². The number of oxime groups is 1. The zero-order valence-electron chi connectivity index (χ0n) is 14.9. The lowest BCUT2D eigenvalue weighted by Gasteiger charge is -2.23. The van der Waals surface area contributed by atoms with E-state index < -0.39 is 23.7 Å². The standard InChI is InChI=1S/C17H25N3O5/c1-5-24-15(21)13(19-16(22)25-17(2,3)4)10-11-6-8-12(9-7-11)14(18)20-23/h6-9,13,23H,5,10H2,1-4H3,(H2,18,20)(H,19,22)/t13-/m0/s1. The first kappa shape index (κ1) is 20.3. The maximum absolute atomic E-state index is 12.1. The molecule has 138 valence electrons. The normalized spacial score (nSPS) is 13.0. The van der Waals surface area contributed by atoms with Crippen molar-refractivity contribution in [3.63, 3.8) is 0 Å². The van der Waals surface area contributed by atoms with Gasteiger partial charge in [-0.1, -0.05) is 29.4 Å². The topological polar surface area (TPSA) is 123 Å². The quantitative estimate of drug-likeness (QED) is 0.236. The lowest BCUT2D eigenvalue weighted by Crippen LogP contribution is -2.45. The molecule has 0 spiro atoms. The largest absolute Gasteiger partial charge is 0.464 e. The second-order valence-corrected chi connectivity index (χ2v) is 6.34. The van der Waals surface area contributed by atoms with E-state index in [0.29, 0.717) is 5.56 Å². The van der Waals surface area contributed by atoms with Crippen LogP contribution in [0.5, 0.6) is 0 Å². The van der Waals surface area contributed by atoms with Gasteiger partial charge in [-0.2, -0.15) is 0 Å². The van der Waals surface area contributed by atoms with E-state index in [4.69, 9.17) is 20.4 Å². The summed E-state index contributed by atoms with van der Waals surface area (Å²) in [7, 11) is 0. The van der Waals surface area contributed by atoms with Crippen LogP contribution in [-0.2, 0) is 20.7 Å². The van der Waals surface area contributed by atoms with E-state index in [0.717, 1.165) is 5.56 Å². The fraction of sp³-hybridized carbons (Fsp3) is 0.471. The van der Waals surface area contributed by atoms with Crippen LogP contribution in [0.3, 0.4) is 0 Å². The summed E-state index contributed by atoms with van der Waals surface area (Å²) in [5.41, 5.74) is 6.14. The maximum atomic E-state index is 12.1. The van der Waals surface area contributed by atoms with Crippen molar-refractivity contribution in [3.8, 4) is 0 Å². The van der Waals surface area contributed by atoms with Crippen LogP contribution in [0.15, 0.2) is 29.4 Å². The summed E-state index contributed by atoms with van der Waals surface area (Å²) in [6.07, 6.45) is -0.479. The molecule has 0 fully saturated rings. The highest BCUT2D eigenvalue weighted by molar-refractivity contribution is 5.97. The minimum Gasteiger partial charge on any atom is -0.464 e. The number of nitrogens with zero attached hydrogens (tertiary/aromatic N) is 1. The van der Waals surface area contributed by atoms with Crippen LogP contribution in [0, 0.1) is 0 Å². The Labute approximate surface area is 147 Å². The van der Waals surface area contributed by atoms with E-state index in [1.165, 1.54) is 0 Å². The molecule has 8 nitrogen and oxygen atoms in total. The number of hydrogen-bond donors (Lipinski definition) is 3. The van der Waals surface area contributed by atoms with Crippen LogP contribution >= 0.6 is 0 Å². The van der Waals surface area contributed by atoms with Crippen molar-refractivity contribution >= 4 is 17.9 Å². The average molecular weight is 351 g/mol. The fourth-order valence-electron chi connectivity index (χ4n) is 1.99. The number of esters is 1. The molecule has 0 bridgehead atoms. The molecule has 0 saturated heterocycles. The first-order valence-corrected chi connectivity index (χ1v) is 7.89. The number of alkyl carbamates (subject to hydrolysis) is 1. The first-order valence-electron chi connectivity index (χ1n) is 7.89. The number of rotatable bonds is 6. The molecule has 0 unspecified atom stereocenters. The second-order valence-electron chi connectivity index (χ2n) is 6.34. The van der Waals surface area contributed by atoms with Crippen molar-refractivity contribution in [3.05, 3.63) is 35.4 Å². The summed E-state index contributed by atoms with van der Waals surface area (Å²) in [5, 5.41) is 14.1. The molecule has 1 amide bonds. The van der Waals surface area contributed by atoms with Gasteiger partial charge in [0.1, 0.15) is 11.6 Å². The van der Waals surface area contributed by atoms with Crippen LogP contribution in [0.1, 0.15) is 38.8 Å². The van der Waals surface area contributed by atoms with Gasteiger partial charge in [-0.15, -0.1) is 0 Å². The number of carbonyl (C=O) groups is 2. The summed E-state index contributed by atoms with van der Waals surface area (Å²) < 4.78 is 10.2. The summed E-state index contributed by atoms with van der Waals surface area (Å²) in [5.74, 6) is -0.561. The van der Waals surface area contributed by atoms with Crippen molar-refractivity contribution in [1.29, 1.82) is 0 Å². The Balaban J connectivity index is 2.86. The molecule has 0 aromatic heterocycles. The molecular formula is C17H25N3O5. The molecule has 1 aromatic carbocycles. The minimum absolute atomic E-state index is 0.0135. The van der Waals surface area contributed by atoms with Gasteiger partial charge in [0.15, 0.2) is 5.84 Å². The van der Waals surface area contributed by atoms with Crippen molar-refractivity contribution < 1.29 is 24.3 Å². The van der Waals surface area contributed by atoms with Crippen LogP contribution < -0.4 is 11.1 Å². The number of amides is 1. The number of benzene rings is 1. The molecular weight excluding hydrogens is 326 g/mol. The molecule has 0 saturated carbocycles. The van der Waals surface area contributed by atoms with Crippen molar-refractivity contribution in [2.24, 2.45) is 10.9 Å². The van der Waals surface area contributed by atoms with Gasteiger partial charge in [-0.25, -0.2) is 9.59 Å². The Kier molecular flexibility index (Phi) is 7.22. The van der Waals surface area contributed by atoms with Gasteiger partial charge in [0, 0.05) is 12.0 Å². The number of carbonyl (C=O) groups excluding carboxylic acids is 2. The fourth-order valence-corrected chi connectivity index (χ4v) is 1.99. The second kappa shape index (κ2) is 8.91. The van der Waals surface area contributed by atoms with Crippen molar-refractivity contribution in [1.82, 2.24) is 5.32 Å². The van der Waals surface area contributed by atoms with E-state index in [-0.39, 0.29) is 18.9 Å². The predicted octanol–water partition coefficient (Wildman–Crippen LogP) is 1.78. The van der Waals surface area contributed by atoms with Gasteiger partial charge in [0.2, 0.25) is 0 Å². The Hall–Kier alpha value is -2.77. The highest BCUT2D eigenvalue weighted by atomic mass is 16.6. The minimum atomic E-state index is -0.885. The van der Waals surface area contributed by atoms with E-state index >= 15 is 0 Å². The molecule has 0 radical (unpaired) electrons. The van der Waals surface area contributed by atoms with E-state index in [1.54, 1.807) is 52.0 Å².